The second-order valence-corrected chi connectivity index (χ2v) is 6.36. The summed E-state index contributed by atoms with van der Waals surface area (Å²) in [7, 11) is 0. The van der Waals surface area contributed by atoms with E-state index in [0.29, 0.717) is 0 Å². The van der Waals surface area contributed by atoms with E-state index in [9.17, 15) is 20.4 Å². The Morgan fingerprint density at radius 3 is 2.23 bits per heavy atom. The van der Waals surface area contributed by atoms with Crippen LogP contribution in [0.3, 0.4) is 0 Å². The third-order valence-electron chi connectivity index (χ3n) is 3.78. The van der Waals surface area contributed by atoms with Crippen LogP contribution in [0.1, 0.15) is 0 Å². The predicted octanol–water partition coefficient (Wildman–Crippen LogP) is -0.814. The smallest absolute Gasteiger partial charge is 0.214 e. The highest BCUT2D eigenvalue weighted by atomic mass is 35.5. The normalized spacial score (nSPS) is 52.9. The van der Waals surface area contributed by atoms with Gasteiger partial charge in [-0.3, -0.25) is 0 Å². The minimum Gasteiger partial charge on any atom is -0.389 e. The molecule has 0 aliphatic carbocycles. The van der Waals surface area contributed by atoms with Crippen molar-refractivity contribution in [1.82, 2.24) is 0 Å². The molecule has 0 saturated carbocycles. The van der Waals surface area contributed by atoms with Crippen molar-refractivity contribution < 1.29 is 34.6 Å². The predicted molar refractivity (Wildman–Crippen MR) is 77.8 cm³/mol. The van der Waals surface area contributed by atoms with Crippen molar-refractivity contribution in [1.29, 1.82) is 0 Å². The molecule has 2 unspecified atom stereocenters. The van der Waals surface area contributed by atoms with Crippen LogP contribution >= 0.6 is 34.8 Å². The van der Waals surface area contributed by atoms with Crippen molar-refractivity contribution in [2.45, 2.75) is 54.1 Å². The Bertz CT molecular complexity index is 390. The van der Waals surface area contributed by atoms with Crippen molar-refractivity contribution >= 4 is 34.8 Å². The largest absolute Gasteiger partial charge is 0.389 e. The molecule has 0 aromatic rings. The molecule has 4 N–H and O–H groups in total. The monoisotopic (exact) mass is 379 g/mol. The molecule has 2 aliphatic heterocycles. The van der Waals surface area contributed by atoms with Crippen LogP contribution in [-0.4, -0.2) is 86.3 Å². The van der Waals surface area contributed by atoms with Crippen molar-refractivity contribution in [2.75, 3.05) is 11.8 Å². The zero-order valence-electron chi connectivity index (χ0n) is 11.4. The standard InChI is InChI=1S/C12H18Cl3O7/c1-4-6(15)8(17)9(18)11(20-4)22-12(3-14)10(19)7(16)5(2-13)21-12/h4-11,16-19H,1-3H2/t4-,5+,6+,7?,8+,9-,10?,11-,12+/m1/s1. The summed E-state index contributed by atoms with van der Waals surface area (Å²) in [4.78, 5) is 0. The fraction of sp³-hybridized carbons (Fsp3) is 0.917. The van der Waals surface area contributed by atoms with Gasteiger partial charge in [-0.15, -0.1) is 34.8 Å². The molecule has 2 saturated heterocycles. The van der Waals surface area contributed by atoms with Gasteiger partial charge in [-0.2, -0.15) is 0 Å². The molecule has 2 aliphatic rings. The Morgan fingerprint density at radius 2 is 1.73 bits per heavy atom. The van der Waals surface area contributed by atoms with E-state index in [-0.39, 0.29) is 11.8 Å². The van der Waals surface area contributed by atoms with Crippen molar-refractivity contribution in [3.63, 3.8) is 0 Å². The number of ether oxygens (including phenoxy) is 3. The van der Waals surface area contributed by atoms with Gasteiger partial charge >= 0.3 is 0 Å². The van der Waals surface area contributed by atoms with E-state index in [2.05, 4.69) is 6.92 Å². The summed E-state index contributed by atoms with van der Waals surface area (Å²) < 4.78 is 16.1. The van der Waals surface area contributed by atoms with E-state index >= 15 is 0 Å². The van der Waals surface area contributed by atoms with E-state index in [1.54, 1.807) is 0 Å². The van der Waals surface area contributed by atoms with Crippen molar-refractivity contribution in [2.24, 2.45) is 0 Å². The Morgan fingerprint density at radius 1 is 1.09 bits per heavy atom. The van der Waals surface area contributed by atoms with Gasteiger partial charge in [0.05, 0.1) is 23.2 Å². The van der Waals surface area contributed by atoms with Crippen LogP contribution < -0.4 is 0 Å². The maximum atomic E-state index is 10.1. The molecule has 10 heteroatoms. The lowest BCUT2D eigenvalue weighted by Gasteiger charge is -2.42. The molecule has 22 heavy (non-hydrogen) atoms. The number of rotatable bonds is 4. The molecule has 7 nitrogen and oxygen atoms in total. The number of alkyl halides is 3. The van der Waals surface area contributed by atoms with E-state index in [4.69, 9.17) is 49.0 Å². The highest BCUT2D eigenvalue weighted by Crippen LogP contribution is 2.37. The first-order chi connectivity index (χ1) is 10.3. The fourth-order valence-electron chi connectivity index (χ4n) is 2.41. The number of hydrogen-bond donors (Lipinski definition) is 4. The van der Waals surface area contributed by atoms with Gasteiger partial charge in [0, 0.05) is 0 Å². The summed E-state index contributed by atoms with van der Waals surface area (Å²) in [6, 6.07) is 0. The number of hydrogen-bond acceptors (Lipinski definition) is 7. The third kappa shape index (κ3) is 3.21. The summed E-state index contributed by atoms with van der Waals surface area (Å²) in [6.45, 7) is 3.59. The van der Waals surface area contributed by atoms with Crippen LogP contribution in [0.5, 0.6) is 0 Å². The second kappa shape index (κ2) is 7.23. The van der Waals surface area contributed by atoms with Gasteiger partial charge < -0.3 is 34.6 Å². The van der Waals surface area contributed by atoms with E-state index < -0.39 is 54.1 Å². The van der Waals surface area contributed by atoms with Gasteiger partial charge in [-0.05, 0) is 6.92 Å². The number of halogens is 3. The molecule has 1 radical (unpaired) electrons. The SMILES string of the molecule is [CH2][C@H]1O[C@H](O[C@]2(CCl)O[C@@H](CCl)C(O)C2O)[C@H](O)[C@@H](O)[C@H]1Cl. The molecule has 0 bridgehead atoms. The first kappa shape index (κ1) is 18.9. The summed E-state index contributed by atoms with van der Waals surface area (Å²) in [5, 5.41) is 38.9. The van der Waals surface area contributed by atoms with Gasteiger partial charge in [0.2, 0.25) is 5.79 Å². The number of aliphatic hydroxyl groups is 4. The minimum atomic E-state index is -1.84. The summed E-state index contributed by atoms with van der Waals surface area (Å²) in [6.07, 6.45) is -8.88. The number of aliphatic hydroxyl groups excluding tert-OH is 4. The zero-order chi connectivity index (χ0) is 16.7. The van der Waals surface area contributed by atoms with Crippen molar-refractivity contribution in [3.8, 4) is 0 Å². The van der Waals surface area contributed by atoms with E-state index in [0.717, 1.165) is 0 Å². The lowest BCUT2D eigenvalue weighted by Crippen LogP contribution is -2.60. The lowest BCUT2D eigenvalue weighted by atomic mass is 10.0. The highest BCUT2D eigenvalue weighted by Gasteiger charge is 2.57. The van der Waals surface area contributed by atoms with Gasteiger partial charge in [-0.1, -0.05) is 0 Å². The maximum absolute atomic E-state index is 10.1. The molecule has 2 heterocycles. The average Bonchev–Trinajstić information content (AvgIpc) is 2.75. The summed E-state index contributed by atoms with van der Waals surface area (Å²) >= 11 is 17.3. The van der Waals surface area contributed by atoms with Crippen LogP contribution in [0.15, 0.2) is 0 Å². The summed E-state index contributed by atoms with van der Waals surface area (Å²) in [5.74, 6) is -2.31. The maximum Gasteiger partial charge on any atom is 0.214 e. The van der Waals surface area contributed by atoms with Gasteiger partial charge in [0.25, 0.3) is 0 Å². The topological polar surface area (TPSA) is 109 Å². The molecule has 9 atom stereocenters. The molecule has 0 amide bonds. The van der Waals surface area contributed by atoms with Crippen LogP contribution in [0.25, 0.3) is 0 Å². The van der Waals surface area contributed by atoms with Crippen LogP contribution in [-0.2, 0) is 14.2 Å². The minimum absolute atomic E-state index is 0.0986. The van der Waals surface area contributed by atoms with Crippen LogP contribution in [0, 0.1) is 6.92 Å². The van der Waals surface area contributed by atoms with Gasteiger partial charge in [-0.25, -0.2) is 0 Å². The molecule has 2 fully saturated rings. The Balaban J connectivity index is 2.16. The average molecular weight is 381 g/mol. The van der Waals surface area contributed by atoms with Crippen LogP contribution in [0.2, 0.25) is 0 Å². The zero-order valence-corrected chi connectivity index (χ0v) is 13.7. The Labute approximate surface area is 142 Å². The molecule has 0 aromatic carbocycles. The third-order valence-corrected chi connectivity index (χ3v) is 4.99. The second-order valence-electron chi connectivity index (χ2n) is 5.28. The van der Waals surface area contributed by atoms with Gasteiger partial charge in [0.15, 0.2) is 6.29 Å². The van der Waals surface area contributed by atoms with E-state index in [1.165, 1.54) is 0 Å². The summed E-state index contributed by atoms with van der Waals surface area (Å²) in [5.41, 5.74) is 0. The Hall–Kier alpha value is 0.590. The fourth-order valence-corrected chi connectivity index (χ4v) is 3.15. The molecule has 2 rings (SSSR count). The first-order valence-electron chi connectivity index (χ1n) is 6.60. The first-order valence-corrected chi connectivity index (χ1v) is 8.10. The Kier molecular flexibility index (Phi) is 6.22. The molecular weight excluding hydrogens is 362 g/mol. The van der Waals surface area contributed by atoms with Crippen molar-refractivity contribution in [3.05, 3.63) is 6.92 Å². The van der Waals surface area contributed by atoms with Crippen LogP contribution in [0.4, 0.5) is 0 Å². The molecular formula is C12H18Cl3O7. The molecule has 0 spiro atoms. The van der Waals surface area contributed by atoms with Gasteiger partial charge in [0.1, 0.15) is 30.5 Å². The molecule has 0 aromatic heterocycles. The lowest BCUT2D eigenvalue weighted by molar-refractivity contribution is -0.352. The molecule has 129 valence electrons. The highest BCUT2D eigenvalue weighted by molar-refractivity contribution is 6.21. The quantitative estimate of drug-likeness (QED) is 0.472. The van der Waals surface area contributed by atoms with E-state index in [1.807, 2.05) is 0 Å².